The van der Waals surface area contributed by atoms with Crippen molar-refractivity contribution in [2.75, 3.05) is 0 Å². The molecular formula is H2CdO2SnTi. The van der Waals surface area contributed by atoms with Gasteiger partial charge in [0.05, 0.1) is 0 Å². The van der Waals surface area contributed by atoms with Crippen molar-refractivity contribution in [3.8, 4) is 0 Å². The van der Waals surface area contributed by atoms with Crippen LogP contribution in [0.2, 0.25) is 0 Å². The number of hydrogen-bond acceptors (Lipinski definition) is 2. The molecule has 0 fully saturated rings. The summed E-state index contributed by atoms with van der Waals surface area (Å²) in [4.78, 5) is 0. The van der Waals surface area contributed by atoms with Crippen LogP contribution in [0.5, 0.6) is 0 Å². The van der Waals surface area contributed by atoms with Gasteiger partial charge in [-0.05, 0) is 0 Å². The van der Waals surface area contributed by atoms with E-state index in [1.54, 1.807) is 0 Å². The molecule has 0 aliphatic rings. The van der Waals surface area contributed by atoms with Crippen molar-refractivity contribution in [2.24, 2.45) is 0 Å². The zero-order chi connectivity index (χ0) is 2.71. The molecule has 2 radical (unpaired) electrons. The fourth-order valence-electron chi connectivity index (χ4n) is 0. The van der Waals surface area contributed by atoms with Crippen LogP contribution in [0.1, 0.15) is 0 Å². The summed E-state index contributed by atoms with van der Waals surface area (Å²) in [6, 6.07) is 0. The SMILES string of the molecule is [Cd].[O]=[Ti]=[O].[SnH2]. The standard InChI is InChI=1S/Cd.2O.Sn.Ti.2H. The van der Waals surface area contributed by atoms with Gasteiger partial charge in [-0.2, -0.15) is 0 Å². The van der Waals surface area contributed by atoms with E-state index in [-0.39, 0.29) is 51.2 Å². The molecule has 0 unspecified atom stereocenters. The summed E-state index contributed by atoms with van der Waals surface area (Å²) in [7, 11) is 0. The van der Waals surface area contributed by atoms with Crippen LogP contribution in [-0.4, -0.2) is 23.9 Å². The van der Waals surface area contributed by atoms with E-state index < -0.39 is 19.1 Å². The van der Waals surface area contributed by atoms with Gasteiger partial charge in [0.25, 0.3) is 0 Å². The van der Waals surface area contributed by atoms with Crippen molar-refractivity contribution < 1.29 is 53.0 Å². The zero-order valence-electron chi connectivity index (χ0n) is 2.73. The Morgan fingerprint density at radius 2 is 1.20 bits per heavy atom. The topological polar surface area (TPSA) is 34.1 Å². The Balaban J connectivity index is -0.0000000200. The molecule has 0 aliphatic heterocycles. The van der Waals surface area contributed by atoms with Crippen molar-refractivity contribution in [1.29, 1.82) is 0 Å². The summed E-state index contributed by atoms with van der Waals surface area (Å²) >= 11 is -2.00. The third-order valence-corrected chi connectivity index (χ3v) is 0. The summed E-state index contributed by atoms with van der Waals surface area (Å²) in [6.45, 7) is 0. The van der Waals surface area contributed by atoms with Crippen molar-refractivity contribution in [3.05, 3.63) is 0 Å². The van der Waals surface area contributed by atoms with E-state index in [4.69, 9.17) is 6.65 Å². The van der Waals surface area contributed by atoms with Crippen molar-refractivity contribution >= 4 is 23.9 Å². The van der Waals surface area contributed by atoms with Gasteiger partial charge < -0.3 is 0 Å². The van der Waals surface area contributed by atoms with Crippen LogP contribution < -0.4 is 0 Å². The first-order valence-electron chi connectivity index (χ1n) is 0.408. The Morgan fingerprint density at radius 3 is 1.20 bits per heavy atom. The molecule has 0 aromatic heterocycles. The molecule has 0 amide bonds. The Bertz CT molecular complexity index is 30.6. The third kappa shape index (κ3) is 23.7. The van der Waals surface area contributed by atoms with E-state index in [0.717, 1.165) is 0 Å². The molecule has 0 rings (SSSR count). The summed E-state index contributed by atoms with van der Waals surface area (Å²) < 4.78 is 17.0. The van der Waals surface area contributed by atoms with Crippen molar-refractivity contribution in [1.82, 2.24) is 0 Å². The van der Waals surface area contributed by atoms with Gasteiger partial charge in [0.2, 0.25) is 0 Å². The maximum atomic E-state index is 8.50. The van der Waals surface area contributed by atoms with Gasteiger partial charge in [0, 0.05) is 27.3 Å². The maximum absolute atomic E-state index is 8.50. The van der Waals surface area contributed by atoms with Gasteiger partial charge >= 0.3 is 49.6 Å². The monoisotopic (exact) mass is 316 g/mol. The molecule has 0 saturated heterocycles. The van der Waals surface area contributed by atoms with Crippen LogP contribution in [0, 0.1) is 0 Å². The van der Waals surface area contributed by atoms with Gasteiger partial charge in [0.15, 0.2) is 0 Å². The Kier molecular flexibility index (Phi) is 52.3. The van der Waals surface area contributed by atoms with Crippen LogP contribution >= 0.6 is 0 Å². The molecule has 24 valence electrons. The van der Waals surface area contributed by atoms with E-state index in [9.17, 15) is 0 Å². The predicted octanol–water partition coefficient (Wildman–Crippen LogP) is -1.16. The minimum absolute atomic E-state index is 0. The average molecular weight is 313 g/mol. The minimum atomic E-state index is -2.00. The molecule has 0 aromatic rings. The average Bonchev–Trinajstić information content (AvgIpc) is 0.918. The van der Waals surface area contributed by atoms with Gasteiger partial charge in [-0.3, -0.25) is 0 Å². The molecule has 0 atom stereocenters. The van der Waals surface area contributed by atoms with Crippen molar-refractivity contribution in [2.45, 2.75) is 0 Å². The summed E-state index contributed by atoms with van der Waals surface area (Å²) in [5.41, 5.74) is 0. The van der Waals surface area contributed by atoms with Gasteiger partial charge in [0.1, 0.15) is 0 Å². The van der Waals surface area contributed by atoms with E-state index in [2.05, 4.69) is 0 Å². The number of hydrogen-bond donors (Lipinski definition) is 0. The zero-order valence-corrected chi connectivity index (χ0v) is 12.4. The molecule has 0 aromatic carbocycles. The van der Waals surface area contributed by atoms with Crippen LogP contribution in [0.4, 0.5) is 0 Å². The summed E-state index contributed by atoms with van der Waals surface area (Å²) in [6.07, 6.45) is 0. The Hall–Kier alpha value is 2.04. The molecule has 0 saturated carbocycles. The molecule has 0 aliphatic carbocycles. The van der Waals surface area contributed by atoms with E-state index >= 15 is 0 Å². The quantitative estimate of drug-likeness (QED) is 0.529. The van der Waals surface area contributed by atoms with E-state index in [1.165, 1.54) is 0 Å². The van der Waals surface area contributed by atoms with Crippen LogP contribution in [-0.2, 0) is 53.0 Å². The fourth-order valence-corrected chi connectivity index (χ4v) is 0. The van der Waals surface area contributed by atoms with Crippen LogP contribution in [0.3, 0.4) is 0 Å². The molecule has 0 heterocycles. The molecule has 0 bridgehead atoms. The molecule has 5 heavy (non-hydrogen) atoms. The second-order valence-corrected chi connectivity index (χ2v) is 0.344. The normalized spacial score (nSPS) is 1.60. The van der Waals surface area contributed by atoms with Gasteiger partial charge in [-0.15, -0.1) is 0 Å². The fraction of sp³-hybridized carbons (Fsp3) is 0. The van der Waals surface area contributed by atoms with Gasteiger partial charge in [-0.1, -0.05) is 0 Å². The third-order valence-electron chi connectivity index (χ3n) is 0. The molecule has 0 N–H and O–H groups in total. The second kappa shape index (κ2) is 16.6. The van der Waals surface area contributed by atoms with Crippen LogP contribution in [0.25, 0.3) is 0 Å². The van der Waals surface area contributed by atoms with Crippen molar-refractivity contribution in [3.63, 3.8) is 0 Å². The first-order valence-corrected chi connectivity index (χ1v) is 1.68. The first-order chi connectivity index (χ1) is 1.41. The van der Waals surface area contributed by atoms with E-state index in [1.807, 2.05) is 0 Å². The molecule has 2 nitrogen and oxygen atoms in total. The van der Waals surface area contributed by atoms with Crippen LogP contribution in [0.15, 0.2) is 0 Å². The molecule has 5 heteroatoms. The summed E-state index contributed by atoms with van der Waals surface area (Å²) in [5.74, 6) is 0. The summed E-state index contributed by atoms with van der Waals surface area (Å²) in [5, 5.41) is 0. The first kappa shape index (κ1) is 15.7. The van der Waals surface area contributed by atoms with Gasteiger partial charge in [-0.25, -0.2) is 0 Å². The molecule has 0 spiro atoms. The Labute approximate surface area is 75.8 Å². The Morgan fingerprint density at radius 1 is 1.20 bits per heavy atom. The predicted molar refractivity (Wildman–Crippen MR) is 9.92 cm³/mol. The number of rotatable bonds is 0. The van der Waals surface area contributed by atoms with E-state index in [0.29, 0.717) is 0 Å². The second-order valence-electron chi connectivity index (χ2n) is 0.0833. The molecular weight excluding hydrogens is 311 g/mol.